The Bertz CT molecular complexity index is 574. The number of carbonyl (C=O) groups excluding carboxylic acids is 1. The molecule has 0 unspecified atom stereocenters. The van der Waals surface area contributed by atoms with Gasteiger partial charge in [0.05, 0.1) is 5.56 Å². The van der Waals surface area contributed by atoms with E-state index >= 15 is 0 Å². The van der Waals surface area contributed by atoms with Gasteiger partial charge in [-0.1, -0.05) is 29.3 Å². The first-order chi connectivity index (χ1) is 8.56. The third-order valence-electron chi connectivity index (χ3n) is 2.71. The van der Waals surface area contributed by atoms with Crippen LogP contribution in [0.5, 0.6) is 5.75 Å². The zero-order chi connectivity index (χ0) is 13.1. The largest absolute Gasteiger partial charge is 0.507 e. The van der Waals surface area contributed by atoms with Crippen LogP contribution >= 0.6 is 0 Å². The molecule has 0 aromatic heterocycles. The highest BCUT2D eigenvalue weighted by Crippen LogP contribution is 2.20. The van der Waals surface area contributed by atoms with E-state index in [1.54, 1.807) is 12.1 Å². The molecule has 0 saturated heterocycles. The van der Waals surface area contributed by atoms with Crippen LogP contribution < -0.4 is 5.32 Å². The van der Waals surface area contributed by atoms with E-state index in [0.717, 1.165) is 11.1 Å². The van der Waals surface area contributed by atoms with Crippen molar-refractivity contribution in [3.8, 4) is 5.75 Å². The SMILES string of the molecule is Cc1ccc(NC(=O)c2cc(C)ccc2O)cc1. The summed E-state index contributed by atoms with van der Waals surface area (Å²) in [7, 11) is 0. The molecule has 0 aliphatic heterocycles. The maximum Gasteiger partial charge on any atom is 0.259 e. The van der Waals surface area contributed by atoms with Crippen molar-refractivity contribution in [1.29, 1.82) is 0 Å². The number of hydrogen-bond donors (Lipinski definition) is 2. The van der Waals surface area contributed by atoms with Crippen LogP contribution in [0.25, 0.3) is 0 Å². The number of phenolic OH excluding ortho intramolecular Hbond substituents is 1. The van der Waals surface area contributed by atoms with Gasteiger partial charge in [-0.25, -0.2) is 0 Å². The zero-order valence-corrected chi connectivity index (χ0v) is 10.4. The average Bonchev–Trinajstić information content (AvgIpc) is 2.35. The Kier molecular flexibility index (Phi) is 3.33. The van der Waals surface area contributed by atoms with Crippen molar-refractivity contribution in [1.82, 2.24) is 0 Å². The van der Waals surface area contributed by atoms with Gasteiger partial charge in [-0.05, 0) is 38.1 Å². The van der Waals surface area contributed by atoms with Gasteiger partial charge in [-0.15, -0.1) is 0 Å². The summed E-state index contributed by atoms with van der Waals surface area (Å²) in [6.45, 7) is 3.86. The molecule has 3 heteroatoms. The van der Waals surface area contributed by atoms with Gasteiger partial charge in [0.25, 0.3) is 5.91 Å². The third-order valence-corrected chi connectivity index (χ3v) is 2.71. The lowest BCUT2D eigenvalue weighted by Gasteiger charge is -2.07. The minimum absolute atomic E-state index is 0.00906. The molecule has 0 fully saturated rings. The van der Waals surface area contributed by atoms with Crippen molar-refractivity contribution >= 4 is 11.6 Å². The molecule has 0 aliphatic carbocycles. The van der Waals surface area contributed by atoms with Crippen molar-refractivity contribution in [3.05, 3.63) is 59.2 Å². The molecule has 2 aromatic rings. The van der Waals surface area contributed by atoms with Gasteiger partial charge >= 0.3 is 0 Å². The zero-order valence-electron chi connectivity index (χ0n) is 10.4. The highest BCUT2D eigenvalue weighted by molar-refractivity contribution is 6.06. The van der Waals surface area contributed by atoms with Crippen LogP contribution in [0.3, 0.4) is 0 Å². The lowest BCUT2D eigenvalue weighted by molar-refractivity contribution is 0.102. The molecule has 0 atom stereocenters. The van der Waals surface area contributed by atoms with E-state index in [-0.39, 0.29) is 17.2 Å². The Morgan fingerprint density at radius 2 is 1.61 bits per heavy atom. The van der Waals surface area contributed by atoms with Crippen molar-refractivity contribution in [2.75, 3.05) is 5.32 Å². The van der Waals surface area contributed by atoms with Crippen LogP contribution in [-0.4, -0.2) is 11.0 Å². The maximum absolute atomic E-state index is 12.0. The summed E-state index contributed by atoms with van der Waals surface area (Å²) in [5.41, 5.74) is 3.07. The van der Waals surface area contributed by atoms with Crippen LogP contribution in [0.4, 0.5) is 5.69 Å². The molecule has 92 valence electrons. The van der Waals surface area contributed by atoms with Gasteiger partial charge < -0.3 is 10.4 Å². The minimum Gasteiger partial charge on any atom is -0.507 e. The summed E-state index contributed by atoms with van der Waals surface area (Å²) >= 11 is 0. The van der Waals surface area contributed by atoms with E-state index in [9.17, 15) is 9.90 Å². The molecule has 3 nitrogen and oxygen atoms in total. The number of nitrogens with one attached hydrogen (secondary N) is 1. The first kappa shape index (κ1) is 12.2. The molecule has 0 aliphatic rings. The summed E-state index contributed by atoms with van der Waals surface area (Å²) < 4.78 is 0. The van der Waals surface area contributed by atoms with E-state index in [1.165, 1.54) is 6.07 Å². The fourth-order valence-electron chi connectivity index (χ4n) is 1.67. The average molecular weight is 241 g/mol. The smallest absolute Gasteiger partial charge is 0.259 e. The summed E-state index contributed by atoms with van der Waals surface area (Å²) in [5.74, 6) is -0.315. The number of aromatic hydroxyl groups is 1. The van der Waals surface area contributed by atoms with Crippen LogP contribution in [0.1, 0.15) is 21.5 Å². The second-order valence-corrected chi connectivity index (χ2v) is 4.34. The van der Waals surface area contributed by atoms with Crippen LogP contribution in [-0.2, 0) is 0 Å². The lowest BCUT2D eigenvalue weighted by Crippen LogP contribution is -2.12. The summed E-state index contributed by atoms with van der Waals surface area (Å²) in [6.07, 6.45) is 0. The Labute approximate surface area is 106 Å². The Morgan fingerprint density at radius 1 is 1.00 bits per heavy atom. The maximum atomic E-state index is 12.0. The van der Waals surface area contributed by atoms with Gasteiger partial charge in [-0.3, -0.25) is 4.79 Å². The van der Waals surface area contributed by atoms with Gasteiger partial charge in [0.1, 0.15) is 5.75 Å². The predicted molar refractivity (Wildman–Crippen MR) is 72.0 cm³/mol. The first-order valence-corrected chi connectivity index (χ1v) is 5.74. The molecule has 0 bridgehead atoms. The van der Waals surface area contributed by atoms with E-state index in [4.69, 9.17) is 0 Å². The van der Waals surface area contributed by atoms with E-state index < -0.39 is 0 Å². The van der Waals surface area contributed by atoms with Crippen LogP contribution in [0.15, 0.2) is 42.5 Å². The number of rotatable bonds is 2. The normalized spacial score (nSPS) is 10.1. The van der Waals surface area contributed by atoms with Gasteiger partial charge in [0.2, 0.25) is 0 Å². The molecule has 2 aromatic carbocycles. The number of phenols is 1. The standard InChI is InChI=1S/C15H15NO2/c1-10-3-6-12(7-4-10)16-15(18)13-9-11(2)5-8-14(13)17/h3-9,17H,1-2H3,(H,16,18). The van der Waals surface area contributed by atoms with Crippen molar-refractivity contribution in [2.24, 2.45) is 0 Å². The number of benzene rings is 2. The molecule has 2 N–H and O–H groups in total. The summed E-state index contributed by atoms with van der Waals surface area (Å²) in [4.78, 5) is 12.0. The second-order valence-electron chi connectivity index (χ2n) is 4.34. The molecule has 0 saturated carbocycles. The Morgan fingerprint density at radius 3 is 2.28 bits per heavy atom. The second kappa shape index (κ2) is 4.92. The molecular formula is C15H15NO2. The van der Waals surface area contributed by atoms with E-state index in [2.05, 4.69) is 5.32 Å². The molecular weight excluding hydrogens is 226 g/mol. The Hall–Kier alpha value is -2.29. The van der Waals surface area contributed by atoms with Gasteiger partial charge in [0.15, 0.2) is 0 Å². The van der Waals surface area contributed by atoms with E-state index in [1.807, 2.05) is 38.1 Å². The van der Waals surface area contributed by atoms with E-state index in [0.29, 0.717) is 5.69 Å². The number of anilines is 1. The number of carbonyl (C=O) groups is 1. The molecule has 2 rings (SSSR count). The fraction of sp³-hybridized carbons (Fsp3) is 0.133. The van der Waals surface area contributed by atoms with Gasteiger partial charge in [0, 0.05) is 5.69 Å². The van der Waals surface area contributed by atoms with Crippen molar-refractivity contribution in [2.45, 2.75) is 13.8 Å². The first-order valence-electron chi connectivity index (χ1n) is 5.74. The monoisotopic (exact) mass is 241 g/mol. The number of amides is 1. The lowest BCUT2D eigenvalue weighted by atomic mass is 10.1. The topological polar surface area (TPSA) is 49.3 Å². The quantitative estimate of drug-likeness (QED) is 0.847. The predicted octanol–water partition coefficient (Wildman–Crippen LogP) is 3.26. The molecule has 0 radical (unpaired) electrons. The molecule has 1 amide bonds. The van der Waals surface area contributed by atoms with Crippen LogP contribution in [0, 0.1) is 13.8 Å². The minimum atomic E-state index is -0.306. The third kappa shape index (κ3) is 2.69. The fourth-order valence-corrected chi connectivity index (χ4v) is 1.67. The summed E-state index contributed by atoms with van der Waals surface area (Å²) in [6, 6.07) is 12.5. The highest BCUT2D eigenvalue weighted by Gasteiger charge is 2.11. The highest BCUT2D eigenvalue weighted by atomic mass is 16.3. The molecule has 0 heterocycles. The summed E-state index contributed by atoms with van der Waals surface area (Å²) in [5, 5.41) is 12.4. The molecule has 18 heavy (non-hydrogen) atoms. The number of hydrogen-bond acceptors (Lipinski definition) is 2. The van der Waals surface area contributed by atoms with Gasteiger partial charge in [-0.2, -0.15) is 0 Å². The van der Waals surface area contributed by atoms with Crippen molar-refractivity contribution < 1.29 is 9.90 Å². The Balaban J connectivity index is 2.21. The molecule has 0 spiro atoms. The van der Waals surface area contributed by atoms with Crippen molar-refractivity contribution in [3.63, 3.8) is 0 Å². The van der Waals surface area contributed by atoms with Crippen LogP contribution in [0.2, 0.25) is 0 Å². The number of aryl methyl sites for hydroxylation is 2.